The summed E-state index contributed by atoms with van der Waals surface area (Å²) in [6.07, 6.45) is 1.59. The molecule has 8 heteroatoms. The number of benzene rings is 2. The summed E-state index contributed by atoms with van der Waals surface area (Å²) in [5.74, 6) is -0.565. The number of carbonyl (C=O) groups excluding carboxylic acids is 1. The third-order valence-corrected chi connectivity index (χ3v) is 5.11. The molecule has 4 rings (SSSR count). The molecule has 4 aromatic rings. The monoisotopic (exact) mass is 426 g/mol. The molecule has 2 aromatic carbocycles. The number of rotatable bonds is 7. The molecule has 0 saturated carbocycles. The van der Waals surface area contributed by atoms with Gasteiger partial charge in [-0.2, -0.15) is 0 Å². The van der Waals surface area contributed by atoms with Gasteiger partial charge in [-0.15, -0.1) is 11.3 Å². The van der Waals surface area contributed by atoms with Crippen molar-refractivity contribution in [3.8, 4) is 17.2 Å². The number of hydrogen-bond acceptors (Lipinski definition) is 5. The van der Waals surface area contributed by atoms with E-state index in [0.717, 1.165) is 22.8 Å². The molecule has 2 heterocycles. The Bertz CT molecular complexity index is 1120. The van der Waals surface area contributed by atoms with E-state index in [4.69, 9.17) is 9.15 Å². The van der Waals surface area contributed by atoms with E-state index in [2.05, 4.69) is 10.3 Å². The Balaban J connectivity index is 1.32. The molecule has 0 fully saturated rings. The van der Waals surface area contributed by atoms with Crippen molar-refractivity contribution in [2.75, 3.05) is 0 Å². The average molecular weight is 426 g/mol. The molecule has 1 N–H and O–H groups in total. The first-order chi connectivity index (χ1) is 14.6. The van der Waals surface area contributed by atoms with Crippen LogP contribution in [0.5, 0.6) is 5.75 Å². The Labute approximate surface area is 175 Å². The molecule has 0 spiro atoms. The van der Waals surface area contributed by atoms with Crippen LogP contribution in [0.15, 0.2) is 70.7 Å². The van der Waals surface area contributed by atoms with E-state index in [1.807, 2.05) is 11.4 Å². The maximum Gasteiger partial charge on any atom is 0.251 e. The van der Waals surface area contributed by atoms with Crippen LogP contribution in [0.1, 0.15) is 20.9 Å². The van der Waals surface area contributed by atoms with Gasteiger partial charge < -0.3 is 14.5 Å². The standard InChI is InChI=1S/C22H16F2N2O3S/c23-17-3-1-4-18(24)16(17)11-25-22(27)14-6-8-15(9-7-14)29-12-21-26-19(13-30-21)20-5-2-10-28-20/h1-10,13H,11-12H2,(H,25,27). The highest BCUT2D eigenvalue weighted by Gasteiger charge is 2.12. The third kappa shape index (κ3) is 4.55. The summed E-state index contributed by atoms with van der Waals surface area (Å²) in [6.45, 7) is 0.0428. The molecule has 30 heavy (non-hydrogen) atoms. The van der Waals surface area contributed by atoms with Crippen LogP contribution in [0.2, 0.25) is 0 Å². The van der Waals surface area contributed by atoms with Crippen LogP contribution in [-0.4, -0.2) is 10.9 Å². The van der Waals surface area contributed by atoms with Gasteiger partial charge in [-0.3, -0.25) is 4.79 Å². The summed E-state index contributed by atoms with van der Waals surface area (Å²) in [5.41, 5.74) is 0.929. The highest BCUT2D eigenvalue weighted by atomic mass is 32.1. The first-order valence-electron chi connectivity index (χ1n) is 9.02. The minimum atomic E-state index is -0.698. The maximum absolute atomic E-state index is 13.6. The number of carbonyl (C=O) groups is 1. The molecule has 0 radical (unpaired) electrons. The van der Waals surface area contributed by atoms with Crippen molar-refractivity contribution in [3.63, 3.8) is 0 Å². The van der Waals surface area contributed by atoms with Gasteiger partial charge >= 0.3 is 0 Å². The second-order valence-electron chi connectivity index (χ2n) is 6.30. The molecule has 0 unspecified atom stereocenters. The quantitative estimate of drug-likeness (QED) is 0.442. The number of ether oxygens (including phenoxy) is 1. The van der Waals surface area contributed by atoms with Gasteiger partial charge in [0.2, 0.25) is 0 Å². The fourth-order valence-corrected chi connectivity index (χ4v) is 3.43. The number of halogens is 2. The second-order valence-corrected chi connectivity index (χ2v) is 7.24. The minimum Gasteiger partial charge on any atom is -0.486 e. The highest BCUT2D eigenvalue weighted by Crippen LogP contribution is 2.23. The van der Waals surface area contributed by atoms with E-state index in [0.29, 0.717) is 17.1 Å². The highest BCUT2D eigenvalue weighted by molar-refractivity contribution is 7.09. The largest absolute Gasteiger partial charge is 0.486 e. The molecule has 1 amide bonds. The zero-order valence-electron chi connectivity index (χ0n) is 15.6. The predicted molar refractivity (Wildman–Crippen MR) is 108 cm³/mol. The third-order valence-electron chi connectivity index (χ3n) is 4.29. The summed E-state index contributed by atoms with van der Waals surface area (Å²) >= 11 is 1.46. The van der Waals surface area contributed by atoms with Crippen LogP contribution >= 0.6 is 11.3 Å². The van der Waals surface area contributed by atoms with Crippen LogP contribution in [0.3, 0.4) is 0 Å². The fourth-order valence-electron chi connectivity index (χ4n) is 2.73. The normalized spacial score (nSPS) is 10.7. The van der Waals surface area contributed by atoms with Gasteiger partial charge in [0, 0.05) is 23.1 Å². The SMILES string of the molecule is O=C(NCc1c(F)cccc1F)c1ccc(OCc2nc(-c3ccco3)cs2)cc1. The molecule has 0 aliphatic heterocycles. The number of aromatic nitrogens is 1. The van der Waals surface area contributed by atoms with Crippen molar-refractivity contribution in [2.45, 2.75) is 13.2 Å². The Kier molecular flexibility index (Phi) is 5.85. The van der Waals surface area contributed by atoms with Gasteiger partial charge in [0.05, 0.1) is 6.26 Å². The Morgan fingerprint density at radius 2 is 1.83 bits per heavy atom. The van der Waals surface area contributed by atoms with Gasteiger partial charge in [-0.1, -0.05) is 6.07 Å². The lowest BCUT2D eigenvalue weighted by molar-refractivity contribution is 0.0950. The van der Waals surface area contributed by atoms with Crippen LogP contribution in [0, 0.1) is 11.6 Å². The molecule has 0 atom stereocenters. The lowest BCUT2D eigenvalue weighted by Crippen LogP contribution is -2.23. The zero-order chi connectivity index (χ0) is 20.9. The van der Waals surface area contributed by atoms with E-state index in [9.17, 15) is 13.6 Å². The molecular weight excluding hydrogens is 410 g/mol. The van der Waals surface area contributed by atoms with Crippen molar-refractivity contribution in [1.82, 2.24) is 10.3 Å². The number of furan rings is 1. The number of nitrogens with one attached hydrogen (secondary N) is 1. The fraction of sp³-hybridized carbons (Fsp3) is 0.0909. The van der Waals surface area contributed by atoms with Gasteiger partial charge in [-0.05, 0) is 48.5 Å². The van der Waals surface area contributed by atoms with Gasteiger partial charge in [0.15, 0.2) is 5.76 Å². The van der Waals surface area contributed by atoms with Crippen molar-refractivity contribution < 1.29 is 22.7 Å². The van der Waals surface area contributed by atoms with E-state index < -0.39 is 17.5 Å². The van der Waals surface area contributed by atoms with Crippen LogP contribution in [0.4, 0.5) is 8.78 Å². The van der Waals surface area contributed by atoms with E-state index in [1.54, 1.807) is 36.6 Å². The van der Waals surface area contributed by atoms with Crippen molar-refractivity contribution in [3.05, 3.63) is 94.0 Å². The Morgan fingerprint density at radius 3 is 2.53 bits per heavy atom. The maximum atomic E-state index is 13.6. The summed E-state index contributed by atoms with van der Waals surface area (Å²) < 4.78 is 38.3. The van der Waals surface area contributed by atoms with Crippen LogP contribution in [0.25, 0.3) is 11.5 Å². The number of thiazole rings is 1. The first kappa shape index (κ1) is 19.8. The van der Waals surface area contributed by atoms with E-state index >= 15 is 0 Å². The van der Waals surface area contributed by atoms with Crippen molar-refractivity contribution >= 4 is 17.2 Å². The summed E-state index contributed by atoms with van der Waals surface area (Å²) in [4.78, 5) is 16.7. The number of amides is 1. The molecule has 0 aliphatic carbocycles. The molecule has 0 aliphatic rings. The topological polar surface area (TPSA) is 64.4 Å². The molecular formula is C22H16F2N2O3S. The van der Waals surface area contributed by atoms with Crippen molar-refractivity contribution in [2.24, 2.45) is 0 Å². The lowest BCUT2D eigenvalue weighted by Gasteiger charge is -2.08. The second kappa shape index (κ2) is 8.87. The molecule has 0 saturated heterocycles. The van der Waals surface area contributed by atoms with Crippen molar-refractivity contribution in [1.29, 1.82) is 0 Å². The lowest BCUT2D eigenvalue weighted by atomic mass is 10.1. The summed E-state index contributed by atoms with van der Waals surface area (Å²) in [7, 11) is 0. The van der Waals surface area contributed by atoms with Gasteiger partial charge in [0.25, 0.3) is 5.91 Å². The van der Waals surface area contributed by atoms with Gasteiger partial charge in [-0.25, -0.2) is 13.8 Å². The molecule has 2 aromatic heterocycles. The Hall–Kier alpha value is -3.52. The molecule has 0 bridgehead atoms. The molecule has 5 nitrogen and oxygen atoms in total. The molecule has 152 valence electrons. The predicted octanol–water partition coefficient (Wildman–Crippen LogP) is 5.19. The zero-order valence-corrected chi connectivity index (χ0v) is 16.4. The smallest absolute Gasteiger partial charge is 0.251 e. The Morgan fingerprint density at radius 1 is 1.07 bits per heavy atom. The van der Waals surface area contributed by atoms with Gasteiger partial charge in [0.1, 0.15) is 34.7 Å². The first-order valence-corrected chi connectivity index (χ1v) is 9.90. The average Bonchev–Trinajstić information content (AvgIpc) is 3.44. The summed E-state index contributed by atoms with van der Waals surface area (Å²) in [5, 5.41) is 5.19. The van der Waals surface area contributed by atoms with E-state index in [1.165, 1.54) is 17.4 Å². The summed E-state index contributed by atoms with van der Waals surface area (Å²) in [6, 6.07) is 13.7. The van der Waals surface area contributed by atoms with Crippen LogP contribution in [-0.2, 0) is 13.2 Å². The van der Waals surface area contributed by atoms with E-state index in [-0.39, 0.29) is 18.7 Å². The number of nitrogens with zero attached hydrogens (tertiary/aromatic N) is 1. The number of hydrogen-bond donors (Lipinski definition) is 1. The minimum absolute atomic E-state index is 0.178. The van der Waals surface area contributed by atoms with Crippen LogP contribution < -0.4 is 10.1 Å².